The van der Waals surface area contributed by atoms with Gasteiger partial charge in [0, 0.05) is 11.6 Å². The van der Waals surface area contributed by atoms with Crippen LogP contribution in [-0.2, 0) is 4.79 Å². The predicted molar refractivity (Wildman–Crippen MR) is 93.0 cm³/mol. The Morgan fingerprint density at radius 3 is 2.39 bits per heavy atom. The number of thioether (sulfide) groups is 1. The van der Waals surface area contributed by atoms with Crippen LogP contribution in [0.4, 0.5) is 0 Å². The highest BCUT2D eigenvalue weighted by Gasteiger charge is 2.23. The van der Waals surface area contributed by atoms with Crippen molar-refractivity contribution in [3.05, 3.63) is 35.4 Å². The summed E-state index contributed by atoms with van der Waals surface area (Å²) in [5.74, 6) is -0.402. The minimum Gasteiger partial charge on any atom is -0.382 e. The lowest BCUT2D eigenvalue weighted by Gasteiger charge is -2.18. The molecule has 0 aliphatic rings. The lowest BCUT2D eigenvalue weighted by Crippen LogP contribution is -2.52. The Labute approximate surface area is 141 Å². The van der Waals surface area contributed by atoms with Crippen LogP contribution in [0.3, 0.4) is 0 Å². The van der Waals surface area contributed by atoms with E-state index in [1.807, 2.05) is 6.92 Å². The average molecular weight is 339 g/mol. The third-order valence-electron chi connectivity index (χ3n) is 3.19. The zero-order chi connectivity index (χ0) is 17.4. The van der Waals surface area contributed by atoms with Gasteiger partial charge in [-0.2, -0.15) is 11.8 Å². The standard InChI is InChI=1S/C16H25N3O3S/c1-10(2)23-9-8-13(17)14(20)16(22)19-18-15(21)12-6-4-11(3)5-7-12/h4-7,10,13-14,20H,8-9,17H2,1-3H3,(H,18,21)(H,19,22)/t13-,14?/m1/s1. The first-order valence-corrected chi connectivity index (χ1v) is 8.58. The highest BCUT2D eigenvalue weighted by Crippen LogP contribution is 2.12. The molecule has 2 atom stereocenters. The van der Waals surface area contributed by atoms with Crippen molar-refractivity contribution in [2.24, 2.45) is 5.73 Å². The summed E-state index contributed by atoms with van der Waals surface area (Å²) in [6.45, 7) is 6.05. The summed E-state index contributed by atoms with van der Waals surface area (Å²) in [4.78, 5) is 23.7. The summed E-state index contributed by atoms with van der Waals surface area (Å²) in [6.07, 6.45) is -0.843. The molecule has 128 valence electrons. The molecule has 1 aromatic rings. The Kier molecular flexibility index (Phi) is 8.08. The summed E-state index contributed by atoms with van der Waals surface area (Å²) >= 11 is 1.71. The van der Waals surface area contributed by atoms with E-state index in [4.69, 9.17) is 5.73 Å². The average Bonchev–Trinajstić information content (AvgIpc) is 2.51. The highest BCUT2D eigenvalue weighted by molar-refractivity contribution is 7.99. The van der Waals surface area contributed by atoms with Gasteiger partial charge >= 0.3 is 0 Å². The van der Waals surface area contributed by atoms with E-state index in [-0.39, 0.29) is 0 Å². The van der Waals surface area contributed by atoms with Crippen LogP contribution in [0.15, 0.2) is 24.3 Å². The largest absolute Gasteiger partial charge is 0.382 e. The molecule has 2 amide bonds. The lowest BCUT2D eigenvalue weighted by atomic mass is 10.1. The van der Waals surface area contributed by atoms with Crippen molar-refractivity contribution < 1.29 is 14.7 Å². The Bertz CT molecular complexity index is 520. The first kappa shape index (κ1) is 19.5. The van der Waals surface area contributed by atoms with Crippen molar-refractivity contribution in [2.75, 3.05) is 5.75 Å². The topological polar surface area (TPSA) is 104 Å². The minimum absolute atomic E-state index is 0.419. The number of hydrogen-bond acceptors (Lipinski definition) is 5. The van der Waals surface area contributed by atoms with Crippen LogP contribution in [0.2, 0.25) is 0 Å². The molecule has 1 rings (SSSR count). The molecule has 0 saturated heterocycles. The number of benzene rings is 1. The molecule has 0 aliphatic carbocycles. The lowest BCUT2D eigenvalue weighted by molar-refractivity contribution is -0.131. The first-order valence-electron chi connectivity index (χ1n) is 7.53. The van der Waals surface area contributed by atoms with Gasteiger partial charge in [0.2, 0.25) is 0 Å². The molecule has 5 N–H and O–H groups in total. The molecule has 0 radical (unpaired) electrons. The van der Waals surface area contributed by atoms with E-state index in [2.05, 4.69) is 24.7 Å². The number of aryl methyl sites for hydroxylation is 1. The van der Waals surface area contributed by atoms with Gasteiger partial charge < -0.3 is 10.8 Å². The van der Waals surface area contributed by atoms with Crippen LogP contribution < -0.4 is 16.6 Å². The van der Waals surface area contributed by atoms with Gasteiger partial charge in [0.05, 0.1) is 0 Å². The van der Waals surface area contributed by atoms with Gasteiger partial charge in [-0.05, 0) is 36.5 Å². The number of rotatable bonds is 7. The number of hydrogen-bond donors (Lipinski definition) is 4. The Hall–Kier alpha value is -1.57. The van der Waals surface area contributed by atoms with Crippen LogP contribution >= 0.6 is 11.8 Å². The Morgan fingerprint density at radius 1 is 1.22 bits per heavy atom. The van der Waals surface area contributed by atoms with Crippen molar-refractivity contribution in [3.63, 3.8) is 0 Å². The van der Waals surface area contributed by atoms with Crippen molar-refractivity contribution in [1.29, 1.82) is 0 Å². The van der Waals surface area contributed by atoms with Gasteiger partial charge in [-0.1, -0.05) is 31.5 Å². The Morgan fingerprint density at radius 2 is 1.83 bits per heavy atom. The monoisotopic (exact) mass is 339 g/mol. The molecule has 6 nitrogen and oxygen atoms in total. The fourth-order valence-electron chi connectivity index (χ4n) is 1.76. The highest BCUT2D eigenvalue weighted by atomic mass is 32.2. The fourth-order valence-corrected chi connectivity index (χ4v) is 2.64. The second-order valence-corrected chi connectivity index (χ2v) is 7.31. The number of aliphatic hydroxyl groups is 1. The quantitative estimate of drug-likeness (QED) is 0.554. The second kappa shape index (κ2) is 9.54. The maximum atomic E-state index is 11.9. The van der Waals surface area contributed by atoms with Gasteiger partial charge in [-0.3, -0.25) is 20.4 Å². The van der Waals surface area contributed by atoms with E-state index in [1.165, 1.54) is 0 Å². The molecule has 0 bridgehead atoms. The van der Waals surface area contributed by atoms with Gasteiger partial charge in [0.1, 0.15) is 6.10 Å². The van der Waals surface area contributed by atoms with Crippen LogP contribution in [-0.4, -0.2) is 40.1 Å². The van der Waals surface area contributed by atoms with E-state index in [9.17, 15) is 14.7 Å². The van der Waals surface area contributed by atoms with E-state index < -0.39 is 24.0 Å². The summed E-state index contributed by atoms with van der Waals surface area (Å²) in [5.41, 5.74) is 11.7. The molecule has 1 unspecified atom stereocenters. The van der Waals surface area contributed by atoms with Crippen LogP contribution in [0.1, 0.15) is 36.2 Å². The second-order valence-electron chi connectivity index (χ2n) is 5.63. The molecule has 1 aromatic carbocycles. The number of nitrogens with one attached hydrogen (secondary N) is 2. The number of amides is 2. The summed E-state index contributed by atoms with van der Waals surface area (Å²) in [5, 5.41) is 10.3. The van der Waals surface area contributed by atoms with Gasteiger partial charge in [-0.15, -0.1) is 0 Å². The van der Waals surface area contributed by atoms with Crippen molar-refractivity contribution in [3.8, 4) is 0 Å². The fraction of sp³-hybridized carbons (Fsp3) is 0.500. The maximum absolute atomic E-state index is 11.9. The normalized spacial score (nSPS) is 13.5. The van der Waals surface area contributed by atoms with Crippen molar-refractivity contribution >= 4 is 23.6 Å². The number of carbonyl (C=O) groups excluding carboxylic acids is 2. The SMILES string of the molecule is Cc1ccc(C(=O)NNC(=O)C(O)[C@H](N)CCSC(C)C)cc1. The maximum Gasteiger partial charge on any atom is 0.269 e. The number of hydrazine groups is 1. The van der Waals surface area contributed by atoms with Gasteiger partial charge in [-0.25, -0.2) is 0 Å². The van der Waals surface area contributed by atoms with Gasteiger partial charge in [0.15, 0.2) is 0 Å². The zero-order valence-electron chi connectivity index (χ0n) is 13.7. The minimum atomic E-state index is -1.36. The van der Waals surface area contributed by atoms with Crippen LogP contribution in [0.25, 0.3) is 0 Å². The van der Waals surface area contributed by atoms with E-state index in [1.54, 1.807) is 36.0 Å². The van der Waals surface area contributed by atoms with Gasteiger partial charge in [0.25, 0.3) is 11.8 Å². The first-order chi connectivity index (χ1) is 10.8. The van der Waals surface area contributed by atoms with E-state index in [0.717, 1.165) is 11.3 Å². The Balaban J connectivity index is 2.39. The summed E-state index contributed by atoms with van der Waals surface area (Å²) < 4.78 is 0. The zero-order valence-corrected chi connectivity index (χ0v) is 14.5. The molecule has 0 fully saturated rings. The molecule has 0 heterocycles. The number of nitrogens with two attached hydrogens (primary N) is 1. The molecular weight excluding hydrogens is 314 g/mol. The molecule has 23 heavy (non-hydrogen) atoms. The van der Waals surface area contributed by atoms with Crippen molar-refractivity contribution in [2.45, 2.75) is 44.6 Å². The molecule has 0 aromatic heterocycles. The van der Waals surface area contributed by atoms with E-state index in [0.29, 0.717) is 17.2 Å². The van der Waals surface area contributed by atoms with Crippen LogP contribution in [0, 0.1) is 6.92 Å². The third kappa shape index (κ3) is 7.02. The molecule has 0 aliphatic heterocycles. The third-order valence-corrected chi connectivity index (χ3v) is 4.33. The summed E-state index contributed by atoms with van der Waals surface area (Å²) in [6, 6.07) is 6.24. The number of aliphatic hydroxyl groups excluding tert-OH is 1. The smallest absolute Gasteiger partial charge is 0.269 e. The van der Waals surface area contributed by atoms with Crippen LogP contribution in [0.5, 0.6) is 0 Å². The molecule has 0 saturated carbocycles. The summed E-state index contributed by atoms with van der Waals surface area (Å²) in [7, 11) is 0. The molecule has 7 heteroatoms. The van der Waals surface area contributed by atoms with Crippen molar-refractivity contribution in [1.82, 2.24) is 10.9 Å². The number of carbonyl (C=O) groups is 2. The molecule has 0 spiro atoms. The molecular formula is C16H25N3O3S. The predicted octanol–water partition coefficient (Wildman–Crippen LogP) is 0.976. The van der Waals surface area contributed by atoms with E-state index >= 15 is 0 Å².